The maximum atomic E-state index is 10.8. The normalized spacial score (nSPS) is 11.7. The standard InChI is InChI=1S/C7H11IO/c1-3-5-6(8)7(9)4-2/h5H,3-4H2,1-2H3/b6-5-. The monoisotopic (exact) mass is 238 g/mol. The van der Waals surface area contributed by atoms with E-state index < -0.39 is 0 Å². The van der Waals surface area contributed by atoms with Gasteiger partial charge in [0.25, 0.3) is 0 Å². The molecule has 9 heavy (non-hydrogen) atoms. The maximum absolute atomic E-state index is 10.8. The number of ketones is 1. The fraction of sp³-hybridized carbons (Fsp3) is 0.571. The first-order chi connectivity index (χ1) is 4.22. The lowest BCUT2D eigenvalue weighted by Gasteiger charge is -1.91. The first kappa shape index (κ1) is 9.14. The highest BCUT2D eigenvalue weighted by molar-refractivity contribution is 14.1. The smallest absolute Gasteiger partial charge is 0.168 e. The van der Waals surface area contributed by atoms with Crippen LogP contribution < -0.4 is 0 Å². The summed E-state index contributed by atoms with van der Waals surface area (Å²) in [6.45, 7) is 3.91. The Labute approximate surface area is 69.7 Å². The third kappa shape index (κ3) is 3.67. The molecule has 0 saturated carbocycles. The Morgan fingerprint density at radius 2 is 2.11 bits per heavy atom. The van der Waals surface area contributed by atoms with Crippen LogP contribution in [0.1, 0.15) is 26.7 Å². The molecule has 0 radical (unpaired) electrons. The Bertz CT molecular complexity index is 127. The summed E-state index contributed by atoms with van der Waals surface area (Å²) in [6, 6.07) is 0. The summed E-state index contributed by atoms with van der Waals surface area (Å²) >= 11 is 2.08. The Balaban J connectivity index is 3.86. The van der Waals surface area contributed by atoms with Crippen LogP contribution in [0.4, 0.5) is 0 Å². The molecule has 1 nitrogen and oxygen atoms in total. The lowest BCUT2D eigenvalue weighted by atomic mass is 10.3. The highest BCUT2D eigenvalue weighted by atomic mass is 127. The maximum Gasteiger partial charge on any atom is 0.168 e. The van der Waals surface area contributed by atoms with Crippen LogP contribution >= 0.6 is 22.6 Å². The molecule has 0 aromatic rings. The zero-order valence-corrected chi connectivity index (χ0v) is 7.94. The number of halogens is 1. The Morgan fingerprint density at radius 3 is 2.44 bits per heavy atom. The quantitative estimate of drug-likeness (QED) is 0.545. The van der Waals surface area contributed by atoms with Crippen molar-refractivity contribution in [3.05, 3.63) is 9.66 Å². The SMILES string of the molecule is CC/C=C(\I)C(=O)CC. The molecule has 0 aromatic carbocycles. The summed E-state index contributed by atoms with van der Waals surface area (Å²) in [5, 5.41) is 0. The van der Waals surface area contributed by atoms with Gasteiger partial charge in [-0.15, -0.1) is 0 Å². The van der Waals surface area contributed by atoms with Gasteiger partial charge in [0.1, 0.15) is 0 Å². The van der Waals surface area contributed by atoms with E-state index in [4.69, 9.17) is 0 Å². The molecule has 52 valence electrons. The van der Waals surface area contributed by atoms with E-state index in [1.54, 1.807) is 0 Å². The number of allylic oxidation sites excluding steroid dienone is 2. The minimum absolute atomic E-state index is 0.248. The molecule has 0 amide bonds. The van der Waals surface area contributed by atoms with Gasteiger partial charge in [0.15, 0.2) is 5.78 Å². The lowest BCUT2D eigenvalue weighted by Crippen LogP contribution is -1.92. The van der Waals surface area contributed by atoms with E-state index in [9.17, 15) is 4.79 Å². The second-order valence-electron chi connectivity index (χ2n) is 1.74. The average Bonchev–Trinajstić information content (AvgIpc) is 1.87. The number of carbonyl (C=O) groups is 1. The van der Waals surface area contributed by atoms with Gasteiger partial charge >= 0.3 is 0 Å². The van der Waals surface area contributed by atoms with Gasteiger partial charge in [0, 0.05) is 6.42 Å². The molecule has 0 aliphatic carbocycles. The minimum Gasteiger partial charge on any atom is -0.294 e. The molecular weight excluding hydrogens is 227 g/mol. The highest BCUT2D eigenvalue weighted by Crippen LogP contribution is 2.09. The van der Waals surface area contributed by atoms with E-state index in [1.165, 1.54) is 0 Å². The summed E-state index contributed by atoms with van der Waals surface area (Å²) in [5.41, 5.74) is 0. The summed E-state index contributed by atoms with van der Waals surface area (Å²) in [5.74, 6) is 0.248. The van der Waals surface area contributed by atoms with E-state index in [0.29, 0.717) is 6.42 Å². The summed E-state index contributed by atoms with van der Waals surface area (Å²) in [7, 11) is 0. The zero-order valence-electron chi connectivity index (χ0n) is 5.78. The molecule has 0 heterocycles. The summed E-state index contributed by atoms with van der Waals surface area (Å²) in [4.78, 5) is 10.8. The van der Waals surface area contributed by atoms with Crippen molar-refractivity contribution in [1.29, 1.82) is 0 Å². The van der Waals surface area contributed by atoms with E-state index in [2.05, 4.69) is 22.6 Å². The molecule has 0 aliphatic rings. The summed E-state index contributed by atoms with van der Waals surface area (Å²) < 4.78 is 0.873. The molecule has 0 spiro atoms. The Hall–Kier alpha value is 0.140. The van der Waals surface area contributed by atoms with Crippen molar-refractivity contribution >= 4 is 28.4 Å². The predicted molar refractivity (Wildman–Crippen MR) is 47.7 cm³/mol. The fourth-order valence-corrected chi connectivity index (χ4v) is 1.28. The number of rotatable bonds is 3. The van der Waals surface area contributed by atoms with Crippen molar-refractivity contribution in [2.75, 3.05) is 0 Å². The Kier molecular flexibility index (Phi) is 5.04. The van der Waals surface area contributed by atoms with Crippen molar-refractivity contribution in [3.8, 4) is 0 Å². The van der Waals surface area contributed by atoms with Gasteiger partial charge in [-0.2, -0.15) is 0 Å². The van der Waals surface area contributed by atoms with Gasteiger partial charge < -0.3 is 0 Å². The molecule has 0 N–H and O–H groups in total. The van der Waals surface area contributed by atoms with Crippen molar-refractivity contribution in [2.45, 2.75) is 26.7 Å². The van der Waals surface area contributed by atoms with Crippen molar-refractivity contribution < 1.29 is 4.79 Å². The fourth-order valence-electron chi connectivity index (χ4n) is 0.462. The van der Waals surface area contributed by atoms with Crippen LogP contribution in [0.25, 0.3) is 0 Å². The second kappa shape index (κ2) is 4.97. The zero-order chi connectivity index (χ0) is 7.28. The molecule has 0 aromatic heterocycles. The molecule has 0 atom stereocenters. The second-order valence-corrected chi connectivity index (χ2v) is 2.90. The van der Waals surface area contributed by atoms with Crippen molar-refractivity contribution in [2.24, 2.45) is 0 Å². The first-order valence-corrected chi connectivity index (χ1v) is 4.19. The topological polar surface area (TPSA) is 17.1 Å². The van der Waals surface area contributed by atoms with Crippen LogP contribution in [0, 0.1) is 0 Å². The van der Waals surface area contributed by atoms with Gasteiger partial charge in [-0.1, -0.05) is 19.9 Å². The van der Waals surface area contributed by atoms with E-state index in [-0.39, 0.29) is 5.78 Å². The Morgan fingerprint density at radius 1 is 1.56 bits per heavy atom. The largest absolute Gasteiger partial charge is 0.294 e. The molecule has 0 bridgehead atoms. The molecule has 0 unspecified atom stereocenters. The van der Waals surface area contributed by atoms with Crippen LogP contribution in [0.15, 0.2) is 9.66 Å². The number of carbonyl (C=O) groups excluding carboxylic acids is 1. The number of hydrogen-bond donors (Lipinski definition) is 0. The summed E-state index contributed by atoms with van der Waals surface area (Å²) in [6.07, 6.45) is 3.52. The van der Waals surface area contributed by atoms with Gasteiger partial charge in [0.05, 0.1) is 3.58 Å². The van der Waals surface area contributed by atoms with Crippen LogP contribution in [0.2, 0.25) is 0 Å². The van der Waals surface area contributed by atoms with Gasteiger partial charge in [-0.3, -0.25) is 4.79 Å². The van der Waals surface area contributed by atoms with Crippen LogP contribution in [-0.4, -0.2) is 5.78 Å². The van der Waals surface area contributed by atoms with Crippen molar-refractivity contribution in [1.82, 2.24) is 0 Å². The first-order valence-electron chi connectivity index (χ1n) is 3.11. The van der Waals surface area contributed by atoms with Crippen LogP contribution in [0.3, 0.4) is 0 Å². The van der Waals surface area contributed by atoms with Crippen molar-refractivity contribution in [3.63, 3.8) is 0 Å². The van der Waals surface area contributed by atoms with E-state index in [1.807, 2.05) is 19.9 Å². The highest BCUT2D eigenvalue weighted by Gasteiger charge is 1.99. The van der Waals surface area contributed by atoms with E-state index in [0.717, 1.165) is 10.0 Å². The van der Waals surface area contributed by atoms with E-state index >= 15 is 0 Å². The molecule has 0 saturated heterocycles. The minimum atomic E-state index is 0.248. The third-order valence-corrected chi connectivity index (χ3v) is 2.01. The van der Waals surface area contributed by atoms with Crippen LogP contribution in [-0.2, 0) is 4.79 Å². The number of Topliss-reactive ketones (excluding diaryl/α,β-unsaturated/α-hetero) is 1. The average molecular weight is 238 g/mol. The molecule has 0 aliphatic heterocycles. The predicted octanol–water partition coefficient (Wildman–Crippen LogP) is 2.69. The van der Waals surface area contributed by atoms with Gasteiger partial charge in [0.2, 0.25) is 0 Å². The number of hydrogen-bond acceptors (Lipinski definition) is 1. The van der Waals surface area contributed by atoms with Crippen LogP contribution in [0.5, 0.6) is 0 Å². The molecular formula is C7H11IO. The van der Waals surface area contributed by atoms with Gasteiger partial charge in [-0.25, -0.2) is 0 Å². The molecule has 0 fully saturated rings. The molecule has 2 heteroatoms. The third-order valence-electron chi connectivity index (χ3n) is 0.971. The van der Waals surface area contributed by atoms with Gasteiger partial charge in [-0.05, 0) is 29.0 Å². The molecule has 0 rings (SSSR count). The lowest BCUT2D eigenvalue weighted by molar-refractivity contribution is -0.114.